The summed E-state index contributed by atoms with van der Waals surface area (Å²) in [7, 11) is 0. The predicted octanol–water partition coefficient (Wildman–Crippen LogP) is 4.38. The molecule has 2 rings (SSSR count). The van der Waals surface area contributed by atoms with Crippen molar-refractivity contribution in [3.63, 3.8) is 0 Å². The number of aryl methyl sites for hydroxylation is 1. The summed E-state index contributed by atoms with van der Waals surface area (Å²) in [4.78, 5) is 0. The second-order valence-electron chi connectivity index (χ2n) is 4.91. The van der Waals surface area contributed by atoms with Crippen LogP contribution in [-0.4, -0.2) is 12.7 Å². The maximum Gasteiger partial charge on any atom is 0.413 e. The number of hydrogen-bond acceptors (Lipinski definition) is 2. The number of rotatable bonds is 4. The Labute approximate surface area is 116 Å². The van der Waals surface area contributed by atoms with Gasteiger partial charge in [0.2, 0.25) is 0 Å². The molecule has 0 spiro atoms. The maximum atomic E-state index is 13.5. The van der Waals surface area contributed by atoms with Gasteiger partial charge in [0.15, 0.2) is 5.54 Å². The molecule has 0 bridgehead atoms. The molecule has 0 radical (unpaired) electrons. The Kier molecular flexibility index (Phi) is 3.82. The van der Waals surface area contributed by atoms with E-state index in [4.69, 9.17) is 4.42 Å². The molecule has 2 aromatic rings. The first-order valence-electron chi connectivity index (χ1n) is 6.67. The summed E-state index contributed by atoms with van der Waals surface area (Å²) in [5.41, 5.74) is -1.07. The van der Waals surface area contributed by atoms with Crippen LogP contribution in [0.2, 0.25) is 0 Å². The van der Waals surface area contributed by atoms with E-state index in [0.29, 0.717) is 17.6 Å². The van der Waals surface area contributed by atoms with E-state index in [9.17, 15) is 13.2 Å². The van der Waals surface area contributed by atoms with Crippen molar-refractivity contribution in [1.29, 1.82) is 0 Å². The van der Waals surface area contributed by atoms with Crippen LogP contribution in [0.25, 0.3) is 11.0 Å². The van der Waals surface area contributed by atoms with Gasteiger partial charge in [-0.05, 0) is 26.0 Å². The molecular weight excluding hydrogens is 267 g/mol. The van der Waals surface area contributed by atoms with Crippen LogP contribution in [0.4, 0.5) is 13.2 Å². The van der Waals surface area contributed by atoms with Gasteiger partial charge in [-0.15, -0.1) is 0 Å². The molecule has 1 N–H and O–H groups in total. The van der Waals surface area contributed by atoms with Crippen molar-refractivity contribution in [2.45, 2.75) is 38.9 Å². The fourth-order valence-electron chi connectivity index (χ4n) is 2.52. The van der Waals surface area contributed by atoms with E-state index in [1.54, 1.807) is 31.2 Å². The second kappa shape index (κ2) is 5.13. The number of benzene rings is 1. The smallest absolute Gasteiger partial charge is 0.413 e. The van der Waals surface area contributed by atoms with Gasteiger partial charge in [0, 0.05) is 10.9 Å². The highest BCUT2D eigenvalue weighted by molar-refractivity contribution is 5.82. The van der Waals surface area contributed by atoms with E-state index < -0.39 is 11.7 Å². The van der Waals surface area contributed by atoms with Crippen LogP contribution in [0.3, 0.4) is 0 Å². The summed E-state index contributed by atoms with van der Waals surface area (Å²) < 4.78 is 46.0. The molecule has 0 saturated heterocycles. The number of halogens is 3. The summed E-state index contributed by atoms with van der Waals surface area (Å²) in [6.07, 6.45) is -3.94. The first kappa shape index (κ1) is 14.9. The van der Waals surface area contributed by atoms with Crippen molar-refractivity contribution in [1.82, 2.24) is 5.32 Å². The van der Waals surface area contributed by atoms with Gasteiger partial charge in [-0.3, -0.25) is 5.32 Å². The van der Waals surface area contributed by atoms with Gasteiger partial charge in [0.25, 0.3) is 0 Å². The van der Waals surface area contributed by atoms with E-state index in [2.05, 4.69) is 5.32 Å². The molecular formula is C15H18F3NO. The van der Waals surface area contributed by atoms with Gasteiger partial charge >= 0.3 is 6.18 Å². The van der Waals surface area contributed by atoms with Crippen molar-refractivity contribution < 1.29 is 17.6 Å². The molecule has 0 aliphatic rings. The zero-order valence-corrected chi connectivity index (χ0v) is 11.8. The molecule has 1 atom stereocenters. The number of alkyl halides is 3. The Bertz CT molecular complexity index is 603. The van der Waals surface area contributed by atoms with Gasteiger partial charge < -0.3 is 4.42 Å². The minimum atomic E-state index is -4.43. The van der Waals surface area contributed by atoms with E-state index in [1.807, 2.05) is 6.92 Å². The molecule has 0 aliphatic carbocycles. The lowest BCUT2D eigenvalue weighted by Crippen LogP contribution is -2.51. The molecule has 1 unspecified atom stereocenters. The minimum Gasteiger partial charge on any atom is -0.458 e. The minimum absolute atomic E-state index is 0.0319. The first-order chi connectivity index (χ1) is 9.35. The summed E-state index contributed by atoms with van der Waals surface area (Å²) in [6, 6.07) is 7.05. The van der Waals surface area contributed by atoms with Crippen LogP contribution < -0.4 is 5.32 Å². The Morgan fingerprint density at radius 1 is 1.15 bits per heavy atom. The third-order valence-electron chi connectivity index (χ3n) is 3.60. The molecule has 5 heteroatoms. The molecule has 110 valence electrons. The average molecular weight is 285 g/mol. The number of nitrogens with one attached hydrogen (secondary N) is 1. The van der Waals surface area contributed by atoms with Gasteiger partial charge in [0.05, 0.1) is 0 Å². The lowest BCUT2D eigenvalue weighted by atomic mass is 9.92. The molecule has 1 aromatic carbocycles. The van der Waals surface area contributed by atoms with Crippen LogP contribution in [0.5, 0.6) is 0 Å². The van der Waals surface area contributed by atoms with E-state index in [-0.39, 0.29) is 12.3 Å². The van der Waals surface area contributed by atoms with Crippen LogP contribution >= 0.6 is 0 Å². The fourth-order valence-corrected chi connectivity index (χ4v) is 2.52. The number of fused-ring (bicyclic) bond motifs is 1. The zero-order chi connectivity index (χ0) is 15.0. The number of hydrogen-bond donors (Lipinski definition) is 1. The maximum absolute atomic E-state index is 13.5. The van der Waals surface area contributed by atoms with Crippen molar-refractivity contribution in [2.24, 2.45) is 0 Å². The van der Waals surface area contributed by atoms with Gasteiger partial charge in [-0.25, -0.2) is 0 Å². The monoisotopic (exact) mass is 285 g/mol. The topological polar surface area (TPSA) is 25.2 Å². The Hall–Kier alpha value is -1.49. The SMILES string of the molecule is CCNC(C)(c1oc2ccccc2c1CC)C(F)(F)F. The highest BCUT2D eigenvalue weighted by Crippen LogP contribution is 2.43. The quantitative estimate of drug-likeness (QED) is 0.901. The highest BCUT2D eigenvalue weighted by atomic mass is 19.4. The fraction of sp³-hybridized carbons (Fsp3) is 0.467. The van der Waals surface area contributed by atoms with E-state index >= 15 is 0 Å². The first-order valence-corrected chi connectivity index (χ1v) is 6.67. The van der Waals surface area contributed by atoms with E-state index in [1.165, 1.54) is 0 Å². The normalized spacial score (nSPS) is 15.5. The van der Waals surface area contributed by atoms with Crippen LogP contribution in [0, 0.1) is 0 Å². The zero-order valence-electron chi connectivity index (χ0n) is 11.8. The largest absolute Gasteiger partial charge is 0.458 e. The molecule has 1 heterocycles. The standard InChI is InChI=1S/C15H18F3NO/c1-4-10-11-8-6-7-9-12(11)20-13(10)14(3,19-5-2)15(16,17)18/h6-9,19H,4-5H2,1-3H3. The second-order valence-corrected chi connectivity index (χ2v) is 4.91. The third-order valence-corrected chi connectivity index (χ3v) is 3.60. The molecule has 0 amide bonds. The summed E-state index contributed by atoms with van der Waals surface area (Å²) in [5, 5.41) is 3.28. The van der Waals surface area contributed by atoms with Crippen LogP contribution in [-0.2, 0) is 12.0 Å². The van der Waals surface area contributed by atoms with Gasteiger partial charge in [0.1, 0.15) is 11.3 Å². The predicted molar refractivity (Wildman–Crippen MR) is 72.7 cm³/mol. The number of para-hydroxylation sites is 1. The Morgan fingerprint density at radius 2 is 1.80 bits per heavy atom. The van der Waals surface area contributed by atoms with Crippen molar-refractivity contribution >= 4 is 11.0 Å². The van der Waals surface area contributed by atoms with Gasteiger partial charge in [-0.1, -0.05) is 32.0 Å². The Balaban J connectivity index is 2.71. The van der Waals surface area contributed by atoms with Crippen molar-refractivity contribution in [3.8, 4) is 0 Å². The average Bonchev–Trinajstić information content (AvgIpc) is 2.76. The molecule has 0 aliphatic heterocycles. The Morgan fingerprint density at radius 3 is 2.35 bits per heavy atom. The number of furan rings is 1. The molecule has 2 nitrogen and oxygen atoms in total. The molecule has 1 aromatic heterocycles. The molecule has 20 heavy (non-hydrogen) atoms. The molecule has 0 fully saturated rings. The lowest BCUT2D eigenvalue weighted by molar-refractivity contribution is -0.200. The van der Waals surface area contributed by atoms with Gasteiger partial charge in [-0.2, -0.15) is 13.2 Å². The summed E-state index contributed by atoms with van der Waals surface area (Å²) >= 11 is 0. The van der Waals surface area contributed by atoms with Crippen molar-refractivity contribution in [3.05, 3.63) is 35.6 Å². The van der Waals surface area contributed by atoms with Crippen molar-refractivity contribution in [2.75, 3.05) is 6.54 Å². The van der Waals surface area contributed by atoms with E-state index in [0.717, 1.165) is 12.3 Å². The molecule has 0 saturated carbocycles. The third kappa shape index (κ3) is 2.20. The summed E-state index contributed by atoms with van der Waals surface area (Å²) in [6.45, 7) is 4.82. The lowest BCUT2D eigenvalue weighted by Gasteiger charge is -2.31. The highest BCUT2D eigenvalue weighted by Gasteiger charge is 2.55. The van der Waals surface area contributed by atoms with Crippen LogP contribution in [0.15, 0.2) is 28.7 Å². The summed E-state index contributed by atoms with van der Waals surface area (Å²) in [5.74, 6) is -0.0319. The van der Waals surface area contributed by atoms with Crippen LogP contribution in [0.1, 0.15) is 32.1 Å².